The van der Waals surface area contributed by atoms with Crippen molar-refractivity contribution in [1.82, 2.24) is 29.8 Å². The molecule has 0 radical (unpaired) electrons. The van der Waals surface area contributed by atoms with E-state index in [9.17, 15) is 4.79 Å². The fraction of sp³-hybridized carbons (Fsp3) is 0.370. The second-order valence-electron chi connectivity index (χ2n) is 10.5. The highest BCUT2D eigenvalue weighted by Crippen LogP contribution is 2.29. The van der Waals surface area contributed by atoms with Gasteiger partial charge in [0.1, 0.15) is 17.2 Å². The Morgan fingerprint density at radius 2 is 1.94 bits per heavy atom. The molecule has 1 aliphatic carbocycles. The van der Waals surface area contributed by atoms with Crippen molar-refractivity contribution in [3.05, 3.63) is 65.7 Å². The first kappa shape index (κ1) is 23.7. The van der Waals surface area contributed by atoms with Gasteiger partial charge in [-0.05, 0) is 61.6 Å². The van der Waals surface area contributed by atoms with Crippen LogP contribution in [0.5, 0.6) is 0 Å². The molecule has 1 fully saturated rings. The number of hydrogen-bond acceptors (Lipinski definition) is 6. The van der Waals surface area contributed by atoms with Crippen LogP contribution in [0.4, 0.5) is 11.5 Å². The van der Waals surface area contributed by atoms with E-state index in [1.165, 1.54) is 12.8 Å². The number of nitrogens with one attached hydrogen (secondary N) is 2. The van der Waals surface area contributed by atoms with E-state index in [4.69, 9.17) is 0 Å². The predicted octanol–water partition coefficient (Wildman–Crippen LogP) is 4.74. The molecule has 1 aromatic carbocycles. The molecule has 0 saturated heterocycles. The number of aryl methyl sites for hydroxylation is 2. The Morgan fingerprint density at radius 3 is 2.61 bits per heavy atom. The monoisotopic (exact) mass is 484 g/mol. The van der Waals surface area contributed by atoms with Crippen molar-refractivity contribution in [1.29, 1.82) is 0 Å². The lowest BCUT2D eigenvalue weighted by Crippen LogP contribution is -2.16. The summed E-state index contributed by atoms with van der Waals surface area (Å²) in [6.07, 6.45) is 6.30. The Morgan fingerprint density at radius 1 is 1.14 bits per heavy atom. The first-order valence-electron chi connectivity index (χ1n) is 12.3. The normalized spacial score (nSPS) is 13.6. The first-order valence-corrected chi connectivity index (χ1v) is 12.3. The third kappa shape index (κ3) is 5.15. The maximum atomic E-state index is 13.0. The Hall–Kier alpha value is -4.01. The van der Waals surface area contributed by atoms with Crippen LogP contribution in [-0.2, 0) is 12.5 Å². The summed E-state index contributed by atoms with van der Waals surface area (Å²) in [5.41, 5.74) is 5.38. The minimum Gasteiger partial charge on any atom is -0.370 e. The Balaban J connectivity index is 1.32. The molecule has 3 heterocycles. The van der Waals surface area contributed by atoms with Crippen molar-refractivity contribution in [2.75, 3.05) is 17.2 Å². The molecule has 186 valence electrons. The lowest BCUT2D eigenvalue weighted by Gasteiger charge is -2.13. The number of aromatic nitrogens is 6. The highest BCUT2D eigenvalue weighted by atomic mass is 16.2. The van der Waals surface area contributed by atoms with Crippen LogP contribution in [0.15, 0.2) is 48.8 Å². The van der Waals surface area contributed by atoms with Crippen LogP contribution in [-0.4, -0.2) is 42.2 Å². The third-order valence-corrected chi connectivity index (χ3v) is 6.42. The zero-order valence-corrected chi connectivity index (χ0v) is 21.4. The van der Waals surface area contributed by atoms with Gasteiger partial charge < -0.3 is 10.6 Å². The fourth-order valence-corrected chi connectivity index (χ4v) is 3.91. The molecule has 9 heteroatoms. The zero-order chi connectivity index (χ0) is 25.4. The van der Waals surface area contributed by atoms with Gasteiger partial charge in [-0.2, -0.15) is 5.10 Å². The quantitative estimate of drug-likeness (QED) is 0.393. The van der Waals surface area contributed by atoms with Crippen molar-refractivity contribution in [3.8, 4) is 16.9 Å². The molecular weight excluding hydrogens is 452 g/mol. The SMILES string of the molecule is Cc1ccc(NC(=O)c2cc(C(C)(C)C)nn2C)cc1-n1cc(-c2ccc(NCC3CC3)nc2)nn1. The average molecular weight is 485 g/mol. The Labute approximate surface area is 210 Å². The van der Waals surface area contributed by atoms with Gasteiger partial charge in [0.25, 0.3) is 5.91 Å². The van der Waals surface area contributed by atoms with E-state index in [1.54, 1.807) is 16.4 Å². The van der Waals surface area contributed by atoms with Crippen LogP contribution in [0, 0.1) is 12.8 Å². The van der Waals surface area contributed by atoms with Crippen LogP contribution >= 0.6 is 0 Å². The van der Waals surface area contributed by atoms with Crippen molar-refractivity contribution in [3.63, 3.8) is 0 Å². The highest BCUT2D eigenvalue weighted by Gasteiger charge is 2.22. The van der Waals surface area contributed by atoms with Gasteiger partial charge in [0.15, 0.2) is 0 Å². The van der Waals surface area contributed by atoms with E-state index in [-0.39, 0.29) is 11.3 Å². The van der Waals surface area contributed by atoms with E-state index in [0.717, 1.165) is 46.5 Å². The van der Waals surface area contributed by atoms with Crippen molar-refractivity contribution >= 4 is 17.4 Å². The Kier molecular flexibility index (Phi) is 6.07. The summed E-state index contributed by atoms with van der Waals surface area (Å²) in [6.45, 7) is 9.21. The second-order valence-corrected chi connectivity index (χ2v) is 10.5. The molecule has 1 aliphatic rings. The minimum atomic E-state index is -0.212. The van der Waals surface area contributed by atoms with E-state index >= 15 is 0 Å². The first-order chi connectivity index (χ1) is 17.2. The van der Waals surface area contributed by atoms with Crippen molar-refractivity contribution in [2.24, 2.45) is 13.0 Å². The van der Waals surface area contributed by atoms with Gasteiger partial charge in [-0.15, -0.1) is 5.10 Å². The maximum Gasteiger partial charge on any atom is 0.273 e. The van der Waals surface area contributed by atoms with Gasteiger partial charge in [-0.25, -0.2) is 9.67 Å². The van der Waals surface area contributed by atoms with Gasteiger partial charge in [-0.1, -0.05) is 32.1 Å². The minimum absolute atomic E-state index is 0.138. The van der Waals surface area contributed by atoms with E-state index in [1.807, 2.05) is 55.7 Å². The molecule has 3 aromatic heterocycles. The van der Waals surface area contributed by atoms with E-state index in [2.05, 4.69) is 51.8 Å². The van der Waals surface area contributed by atoms with Gasteiger partial charge in [-0.3, -0.25) is 9.48 Å². The van der Waals surface area contributed by atoms with E-state index < -0.39 is 0 Å². The number of pyridine rings is 1. The highest BCUT2D eigenvalue weighted by molar-refractivity contribution is 6.03. The van der Waals surface area contributed by atoms with Crippen LogP contribution in [0.2, 0.25) is 0 Å². The molecule has 1 saturated carbocycles. The third-order valence-electron chi connectivity index (χ3n) is 6.42. The van der Waals surface area contributed by atoms with Gasteiger partial charge in [0.2, 0.25) is 0 Å². The summed E-state index contributed by atoms with van der Waals surface area (Å²) < 4.78 is 3.34. The number of nitrogens with zero attached hydrogens (tertiary/aromatic N) is 6. The molecule has 4 aromatic rings. The molecule has 1 amide bonds. The number of rotatable bonds is 7. The summed E-state index contributed by atoms with van der Waals surface area (Å²) in [4.78, 5) is 17.5. The Bertz CT molecular complexity index is 1390. The standard InChI is InChI=1S/C27H32N8O/c1-17-6-10-20(30-26(36)23-13-24(27(2,3)4)32-34(23)5)12-22(17)35-16-21(31-33-35)19-9-11-25(29-15-19)28-14-18-7-8-18/h6,9-13,15-16,18H,7-8,14H2,1-5H3,(H,28,29)(H,30,36). The van der Waals surface area contributed by atoms with Gasteiger partial charge in [0, 0.05) is 36.5 Å². The smallest absolute Gasteiger partial charge is 0.273 e. The number of anilines is 2. The molecule has 0 spiro atoms. The topological polar surface area (TPSA) is 103 Å². The van der Waals surface area contributed by atoms with Crippen molar-refractivity contribution < 1.29 is 4.79 Å². The lowest BCUT2D eigenvalue weighted by atomic mass is 9.92. The molecule has 0 aliphatic heterocycles. The number of benzene rings is 1. The van der Waals surface area contributed by atoms with E-state index in [0.29, 0.717) is 11.4 Å². The van der Waals surface area contributed by atoms with Gasteiger partial charge >= 0.3 is 0 Å². The van der Waals surface area contributed by atoms with Crippen LogP contribution < -0.4 is 10.6 Å². The van der Waals surface area contributed by atoms with Crippen LogP contribution in [0.1, 0.15) is 55.4 Å². The predicted molar refractivity (Wildman–Crippen MR) is 140 cm³/mol. The summed E-state index contributed by atoms with van der Waals surface area (Å²) >= 11 is 0. The second kappa shape index (κ2) is 9.22. The largest absolute Gasteiger partial charge is 0.370 e. The number of carbonyl (C=O) groups is 1. The maximum absolute atomic E-state index is 13.0. The van der Waals surface area contributed by atoms with Crippen molar-refractivity contribution in [2.45, 2.75) is 46.0 Å². The summed E-state index contributed by atoms with van der Waals surface area (Å²) in [5.74, 6) is 1.46. The lowest BCUT2D eigenvalue weighted by molar-refractivity contribution is 0.101. The van der Waals surface area contributed by atoms with Crippen LogP contribution in [0.3, 0.4) is 0 Å². The molecule has 5 rings (SSSR count). The number of carbonyl (C=O) groups excluding carboxylic acids is 1. The average Bonchev–Trinajstić information content (AvgIpc) is 3.38. The molecular formula is C27H32N8O. The zero-order valence-electron chi connectivity index (χ0n) is 21.4. The van der Waals surface area contributed by atoms with Gasteiger partial charge in [0.05, 0.1) is 17.6 Å². The molecule has 36 heavy (non-hydrogen) atoms. The molecule has 0 unspecified atom stereocenters. The molecule has 0 atom stereocenters. The molecule has 0 bridgehead atoms. The number of hydrogen-bond donors (Lipinski definition) is 2. The summed E-state index contributed by atoms with van der Waals surface area (Å²) in [6, 6.07) is 11.6. The summed E-state index contributed by atoms with van der Waals surface area (Å²) in [7, 11) is 1.78. The number of amides is 1. The molecule has 9 nitrogen and oxygen atoms in total. The van der Waals surface area contributed by atoms with Crippen LogP contribution in [0.25, 0.3) is 16.9 Å². The summed E-state index contributed by atoms with van der Waals surface area (Å²) in [5, 5.41) is 19.6. The molecule has 2 N–H and O–H groups in total. The fourth-order valence-electron chi connectivity index (χ4n) is 3.91.